The van der Waals surface area contributed by atoms with Gasteiger partial charge in [0.1, 0.15) is 18.1 Å². The van der Waals surface area contributed by atoms with Crippen LogP contribution in [-0.4, -0.2) is 30.5 Å². The van der Waals surface area contributed by atoms with E-state index >= 15 is 0 Å². The lowest BCUT2D eigenvalue weighted by Crippen LogP contribution is -2.33. The molecule has 0 unspecified atom stereocenters. The van der Waals surface area contributed by atoms with Gasteiger partial charge in [0.25, 0.3) is 5.91 Å². The number of carbonyl (C=O) groups is 1. The number of benzene rings is 3. The Morgan fingerprint density at radius 1 is 0.479 bits per heavy atom. The molecular weight excluding hydrogens is 590 g/mol. The minimum atomic E-state index is 0.164. The summed E-state index contributed by atoms with van der Waals surface area (Å²) in [4.78, 5) is 15.6. The van der Waals surface area contributed by atoms with E-state index in [1.165, 1.54) is 96.3 Å². The largest absolute Gasteiger partial charge is 0.494 e. The molecule has 0 saturated heterocycles. The van der Waals surface area contributed by atoms with E-state index in [-0.39, 0.29) is 5.91 Å². The number of ether oxygens (including phenoxy) is 2. The van der Waals surface area contributed by atoms with Crippen LogP contribution in [0.2, 0.25) is 0 Å². The van der Waals surface area contributed by atoms with Crippen molar-refractivity contribution in [2.24, 2.45) is 0 Å². The third-order valence-electron chi connectivity index (χ3n) is 9.27. The Bertz CT molecular complexity index is 1200. The predicted molar refractivity (Wildman–Crippen MR) is 204 cm³/mol. The van der Waals surface area contributed by atoms with Gasteiger partial charge in [0.15, 0.2) is 0 Å². The predicted octanol–water partition coefficient (Wildman–Crippen LogP) is 12.8. The van der Waals surface area contributed by atoms with E-state index in [1.54, 1.807) is 0 Å². The van der Waals surface area contributed by atoms with E-state index in [0.29, 0.717) is 6.61 Å². The van der Waals surface area contributed by atoms with Gasteiger partial charge in [0, 0.05) is 18.7 Å². The van der Waals surface area contributed by atoms with Gasteiger partial charge in [0.2, 0.25) is 0 Å². The first-order valence-corrected chi connectivity index (χ1v) is 19.5. The average molecular weight is 656 g/mol. The zero-order valence-electron chi connectivity index (χ0n) is 30.7. The Morgan fingerprint density at radius 2 is 0.896 bits per heavy atom. The molecule has 0 aromatic heterocycles. The van der Waals surface area contributed by atoms with Gasteiger partial charge in [0.05, 0.1) is 6.61 Å². The first-order chi connectivity index (χ1) is 23.6. The van der Waals surface area contributed by atoms with Crippen LogP contribution in [0, 0.1) is 0 Å². The zero-order valence-corrected chi connectivity index (χ0v) is 30.7. The average Bonchev–Trinajstić information content (AvgIpc) is 3.13. The van der Waals surface area contributed by atoms with Gasteiger partial charge in [-0.3, -0.25) is 4.79 Å². The second kappa shape index (κ2) is 24.8. The van der Waals surface area contributed by atoms with Crippen molar-refractivity contribution in [3.63, 3.8) is 0 Å². The van der Waals surface area contributed by atoms with E-state index in [2.05, 4.69) is 62.1 Å². The van der Waals surface area contributed by atoms with Gasteiger partial charge in [-0.05, 0) is 72.4 Å². The topological polar surface area (TPSA) is 38.8 Å². The highest BCUT2D eigenvalue weighted by Crippen LogP contribution is 2.25. The molecule has 0 spiro atoms. The summed E-state index contributed by atoms with van der Waals surface area (Å²) in [6, 6.07) is 24.6. The zero-order chi connectivity index (χ0) is 34.1. The van der Waals surface area contributed by atoms with E-state index in [0.717, 1.165) is 72.7 Å². The summed E-state index contributed by atoms with van der Waals surface area (Å²) in [5, 5.41) is 0. The molecule has 264 valence electrons. The van der Waals surface area contributed by atoms with E-state index in [9.17, 15) is 4.79 Å². The fourth-order valence-corrected chi connectivity index (χ4v) is 6.13. The Balaban J connectivity index is 1.45. The SMILES string of the molecule is CCCCCCCCOc1ccc(-c2ccc(OCc3ccc(C(=O)N(CCCCCCCC)CCCCCCCC)cc3)cc2)cc1. The van der Waals surface area contributed by atoms with Gasteiger partial charge in [-0.25, -0.2) is 0 Å². The Labute approximate surface area is 293 Å². The van der Waals surface area contributed by atoms with Gasteiger partial charge in [-0.2, -0.15) is 0 Å². The maximum absolute atomic E-state index is 13.5. The summed E-state index contributed by atoms with van der Waals surface area (Å²) < 4.78 is 12.1. The lowest BCUT2D eigenvalue weighted by molar-refractivity contribution is 0.0749. The molecule has 0 saturated carbocycles. The number of amides is 1. The highest BCUT2D eigenvalue weighted by atomic mass is 16.5. The molecule has 4 nitrogen and oxygen atoms in total. The molecule has 3 aromatic carbocycles. The van der Waals surface area contributed by atoms with E-state index < -0.39 is 0 Å². The summed E-state index contributed by atoms with van der Waals surface area (Å²) in [5.41, 5.74) is 4.15. The van der Waals surface area contributed by atoms with Gasteiger partial charge in [-0.15, -0.1) is 0 Å². The molecule has 0 aliphatic heterocycles. The lowest BCUT2D eigenvalue weighted by atomic mass is 10.1. The van der Waals surface area contributed by atoms with E-state index in [1.807, 2.05) is 36.4 Å². The smallest absolute Gasteiger partial charge is 0.253 e. The van der Waals surface area contributed by atoms with Crippen molar-refractivity contribution in [1.82, 2.24) is 4.90 Å². The second-order valence-electron chi connectivity index (χ2n) is 13.5. The van der Waals surface area contributed by atoms with Crippen LogP contribution >= 0.6 is 0 Å². The monoisotopic (exact) mass is 655 g/mol. The van der Waals surface area contributed by atoms with Crippen LogP contribution in [0.5, 0.6) is 11.5 Å². The van der Waals surface area contributed by atoms with Crippen molar-refractivity contribution in [3.8, 4) is 22.6 Å². The van der Waals surface area contributed by atoms with Crippen LogP contribution in [0.15, 0.2) is 72.8 Å². The number of unbranched alkanes of at least 4 members (excludes halogenated alkanes) is 15. The van der Waals surface area contributed by atoms with Crippen molar-refractivity contribution in [2.75, 3.05) is 19.7 Å². The van der Waals surface area contributed by atoms with Crippen LogP contribution in [0.3, 0.4) is 0 Å². The van der Waals surface area contributed by atoms with Crippen molar-refractivity contribution in [1.29, 1.82) is 0 Å². The molecule has 0 bridgehead atoms. The van der Waals surface area contributed by atoms with Crippen LogP contribution in [0.4, 0.5) is 0 Å². The summed E-state index contributed by atoms with van der Waals surface area (Å²) in [5.74, 6) is 1.93. The van der Waals surface area contributed by atoms with Crippen LogP contribution in [-0.2, 0) is 6.61 Å². The van der Waals surface area contributed by atoms with Gasteiger partial charge < -0.3 is 14.4 Å². The second-order valence-corrected chi connectivity index (χ2v) is 13.5. The van der Waals surface area contributed by atoms with E-state index in [4.69, 9.17) is 9.47 Å². The number of hydrogen-bond acceptors (Lipinski definition) is 3. The minimum Gasteiger partial charge on any atom is -0.494 e. The molecule has 1 amide bonds. The standard InChI is InChI=1S/C44H65NO3/c1-4-7-10-13-16-19-34-45(35-20-17-14-11-8-5-2)44(46)41-24-22-38(23-25-41)37-48-43-32-28-40(29-33-43)39-26-30-42(31-27-39)47-36-21-18-15-12-9-6-3/h22-33H,4-21,34-37H2,1-3H3. The minimum absolute atomic E-state index is 0.164. The summed E-state index contributed by atoms with van der Waals surface area (Å²) >= 11 is 0. The molecule has 0 aliphatic rings. The molecule has 3 aromatic rings. The number of carbonyl (C=O) groups excluding carboxylic acids is 1. The molecule has 0 heterocycles. The summed E-state index contributed by atoms with van der Waals surface area (Å²) in [6.45, 7) is 9.73. The van der Waals surface area contributed by atoms with Gasteiger partial charge in [-0.1, -0.05) is 153 Å². The molecule has 0 fully saturated rings. The first-order valence-electron chi connectivity index (χ1n) is 19.5. The quantitative estimate of drug-likeness (QED) is 0.0767. The lowest BCUT2D eigenvalue weighted by Gasteiger charge is -2.23. The Hall–Kier alpha value is -3.27. The van der Waals surface area contributed by atoms with Crippen molar-refractivity contribution in [2.45, 2.75) is 143 Å². The van der Waals surface area contributed by atoms with Crippen LogP contribution in [0.25, 0.3) is 11.1 Å². The highest BCUT2D eigenvalue weighted by molar-refractivity contribution is 5.94. The molecule has 4 heteroatoms. The highest BCUT2D eigenvalue weighted by Gasteiger charge is 2.15. The van der Waals surface area contributed by atoms with Crippen LogP contribution in [0.1, 0.15) is 152 Å². The molecule has 0 aliphatic carbocycles. The number of nitrogens with zero attached hydrogens (tertiary/aromatic N) is 1. The third-order valence-corrected chi connectivity index (χ3v) is 9.27. The summed E-state index contributed by atoms with van der Waals surface area (Å²) in [6.07, 6.45) is 22.5. The molecule has 0 atom stereocenters. The number of hydrogen-bond donors (Lipinski definition) is 0. The molecular formula is C44H65NO3. The Morgan fingerprint density at radius 3 is 1.38 bits per heavy atom. The first kappa shape index (κ1) is 39.2. The fraction of sp³-hybridized carbons (Fsp3) is 0.568. The fourth-order valence-electron chi connectivity index (χ4n) is 6.13. The summed E-state index contributed by atoms with van der Waals surface area (Å²) in [7, 11) is 0. The van der Waals surface area contributed by atoms with Gasteiger partial charge >= 0.3 is 0 Å². The maximum atomic E-state index is 13.5. The van der Waals surface area contributed by atoms with Crippen molar-refractivity contribution < 1.29 is 14.3 Å². The molecule has 3 rings (SSSR count). The number of rotatable bonds is 27. The third kappa shape index (κ3) is 15.8. The van der Waals surface area contributed by atoms with Crippen molar-refractivity contribution >= 4 is 5.91 Å². The molecule has 48 heavy (non-hydrogen) atoms. The van der Waals surface area contributed by atoms with Crippen molar-refractivity contribution in [3.05, 3.63) is 83.9 Å². The molecule has 0 radical (unpaired) electrons. The normalized spacial score (nSPS) is 11.1. The maximum Gasteiger partial charge on any atom is 0.253 e. The Kier molecular flexibility index (Phi) is 20.2. The molecule has 0 N–H and O–H groups in total. The van der Waals surface area contributed by atoms with Crippen LogP contribution < -0.4 is 9.47 Å².